The summed E-state index contributed by atoms with van der Waals surface area (Å²) in [4.78, 5) is 15.9. The lowest BCUT2D eigenvalue weighted by molar-refractivity contribution is -0.0328. The fraction of sp³-hybridized carbons (Fsp3) is 0.250. The Bertz CT molecular complexity index is 872. The molecule has 0 atom stereocenters. The Morgan fingerprint density at radius 2 is 2.04 bits per heavy atom. The monoisotopic (exact) mass is 354 g/mol. The van der Waals surface area contributed by atoms with E-state index in [1.165, 1.54) is 35.2 Å². The van der Waals surface area contributed by atoms with E-state index in [0.29, 0.717) is 17.0 Å². The van der Waals surface area contributed by atoms with E-state index in [0.717, 1.165) is 6.20 Å². The van der Waals surface area contributed by atoms with Crippen molar-refractivity contribution in [2.24, 2.45) is 0 Å². The molecule has 3 rings (SSSR count). The fourth-order valence-corrected chi connectivity index (χ4v) is 3.04. The lowest BCUT2D eigenvalue weighted by atomic mass is 9.99. The molecule has 0 saturated heterocycles. The predicted octanol–water partition coefficient (Wildman–Crippen LogP) is 3.92. The van der Waals surface area contributed by atoms with Gasteiger partial charge < -0.3 is 4.74 Å². The highest BCUT2D eigenvalue weighted by Gasteiger charge is 2.32. The lowest BCUT2D eigenvalue weighted by Crippen LogP contribution is -2.32. The molecule has 0 radical (unpaired) electrons. The molecule has 1 aliphatic rings. The lowest BCUT2D eigenvalue weighted by Gasteiger charge is -2.31. The third-order valence-corrected chi connectivity index (χ3v) is 4.02. The van der Waals surface area contributed by atoms with Gasteiger partial charge in [-0.2, -0.15) is 13.2 Å². The molecular formula is C16H13F3N2O2S. The molecule has 0 saturated carbocycles. The zero-order chi connectivity index (χ0) is 17.5. The van der Waals surface area contributed by atoms with Gasteiger partial charge in [0.05, 0.1) is 11.9 Å². The van der Waals surface area contributed by atoms with E-state index < -0.39 is 11.1 Å². The molecule has 126 valence electrons. The third-order valence-electron chi connectivity index (χ3n) is 3.30. The molecule has 0 aliphatic carbocycles. The first-order chi connectivity index (χ1) is 11.1. The predicted molar refractivity (Wildman–Crippen MR) is 84.9 cm³/mol. The molecule has 0 bridgehead atoms. The van der Waals surface area contributed by atoms with Gasteiger partial charge in [-0.3, -0.25) is 14.3 Å². The maximum atomic E-state index is 12.6. The molecule has 0 N–H and O–H groups in total. The highest BCUT2D eigenvalue weighted by molar-refractivity contribution is 8.00. The van der Waals surface area contributed by atoms with Gasteiger partial charge in [0.25, 0.3) is 5.56 Å². The number of nitrogens with zero attached hydrogens (tertiary/aromatic N) is 2. The van der Waals surface area contributed by atoms with Crippen LogP contribution in [0.1, 0.15) is 19.4 Å². The van der Waals surface area contributed by atoms with E-state index in [4.69, 9.17) is 4.74 Å². The molecule has 8 heteroatoms. The number of aromatic nitrogens is 2. The topological polar surface area (TPSA) is 44.1 Å². The highest BCUT2D eigenvalue weighted by Crippen LogP contribution is 2.42. The van der Waals surface area contributed by atoms with E-state index in [1.807, 2.05) is 0 Å². The Morgan fingerprint density at radius 1 is 1.29 bits per heavy atom. The zero-order valence-corrected chi connectivity index (χ0v) is 13.6. The molecule has 2 heterocycles. The zero-order valence-electron chi connectivity index (χ0n) is 12.8. The van der Waals surface area contributed by atoms with E-state index >= 15 is 0 Å². The average molecular weight is 354 g/mol. The minimum Gasteiger partial charge on any atom is -0.483 e. The number of hydrogen-bond donors (Lipinski definition) is 0. The van der Waals surface area contributed by atoms with Gasteiger partial charge in [-0.15, -0.1) is 0 Å². The van der Waals surface area contributed by atoms with Gasteiger partial charge in [-0.25, -0.2) is 0 Å². The van der Waals surface area contributed by atoms with Crippen molar-refractivity contribution in [1.82, 2.24) is 9.55 Å². The van der Waals surface area contributed by atoms with Crippen LogP contribution in [0.5, 0.6) is 5.75 Å². The van der Waals surface area contributed by atoms with Gasteiger partial charge in [0.15, 0.2) is 0 Å². The molecule has 0 unspecified atom stereocenters. The summed E-state index contributed by atoms with van der Waals surface area (Å²) in [6.45, 7) is 3.61. The van der Waals surface area contributed by atoms with Gasteiger partial charge in [0.2, 0.25) is 0 Å². The third kappa shape index (κ3) is 3.48. The number of hydrogen-bond acceptors (Lipinski definition) is 4. The second kappa shape index (κ2) is 5.70. The molecular weight excluding hydrogens is 341 g/mol. The summed E-state index contributed by atoms with van der Waals surface area (Å²) < 4.78 is 45.0. The maximum absolute atomic E-state index is 12.6. The van der Waals surface area contributed by atoms with Crippen LogP contribution in [-0.2, 0) is 0 Å². The van der Waals surface area contributed by atoms with Gasteiger partial charge in [0, 0.05) is 22.9 Å². The minimum atomic E-state index is -4.39. The molecule has 24 heavy (non-hydrogen) atoms. The second-order valence-corrected chi connectivity index (χ2v) is 6.86. The molecule has 4 nitrogen and oxygen atoms in total. The van der Waals surface area contributed by atoms with Gasteiger partial charge in [-0.05, 0) is 49.9 Å². The van der Waals surface area contributed by atoms with Crippen molar-refractivity contribution in [3.05, 3.63) is 58.8 Å². The van der Waals surface area contributed by atoms with Crippen molar-refractivity contribution < 1.29 is 17.9 Å². The first-order valence-corrected chi connectivity index (χ1v) is 7.81. The summed E-state index contributed by atoms with van der Waals surface area (Å²) in [5.74, 6) is 0.424. The molecule has 0 spiro atoms. The molecule has 0 amide bonds. The van der Waals surface area contributed by atoms with E-state index in [9.17, 15) is 18.0 Å². The maximum Gasteiger partial charge on any atom is 0.446 e. The SMILES string of the molecule is CC1(C)C=C(n2ccncc2=O)c2cc(SC(F)(F)F)ccc2O1. The van der Waals surface area contributed by atoms with Crippen LogP contribution in [0.4, 0.5) is 13.2 Å². The minimum absolute atomic E-state index is 0.0255. The van der Waals surface area contributed by atoms with Crippen molar-refractivity contribution in [3.63, 3.8) is 0 Å². The molecule has 1 aromatic heterocycles. The van der Waals surface area contributed by atoms with Crippen LogP contribution in [0.3, 0.4) is 0 Å². The van der Waals surface area contributed by atoms with Crippen LogP contribution in [0.25, 0.3) is 5.70 Å². The second-order valence-electron chi connectivity index (χ2n) is 5.73. The molecule has 0 fully saturated rings. The summed E-state index contributed by atoms with van der Waals surface area (Å²) in [6, 6.07) is 4.22. The van der Waals surface area contributed by atoms with Crippen molar-refractivity contribution in [3.8, 4) is 5.75 Å². The number of halogens is 3. The quantitative estimate of drug-likeness (QED) is 0.767. The summed E-state index contributed by atoms with van der Waals surface area (Å²) in [7, 11) is 0. The number of benzene rings is 1. The summed E-state index contributed by atoms with van der Waals surface area (Å²) in [6.07, 6.45) is 5.78. The number of ether oxygens (including phenoxy) is 1. The van der Waals surface area contributed by atoms with Crippen LogP contribution in [0, 0.1) is 0 Å². The first-order valence-electron chi connectivity index (χ1n) is 7.00. The number of fused-ring (bicyclic) bond motifs is 1. The highest BCUT2D eigenvalue weighted by atomic mass is 32.2. The van der Waals surface area contributed by atoms with E-state index in [1.54, 1.807) is 19.9 Å². The van der Waals surface area contributed by atoms with Crippen molar-refractivity contribution in [1.29, 1.82) is 0 Å². The van der Waals surface area contributed by atoms with E-state index in [2.05, 4.69) is 4.98 Å². The van der Waals surface area contributed by atoms with E-state index in [-0.39, 0.29) is 22.2 Å². The van der Waals surface area contributed by atoms with Crippen molar-refractivity contribution in [2.45, 2.75) is 29.9 Å². The van der Waals surface area contributed by atoms with Crippen molar-refractivity contribution >= 4 is 17.5 Å². The largest absolute Gasteiger partial charge is 0.483 e. The molecule has 1 aliphatic heterocycles. The Hall–Kier alpha value is -2.22. The summed E-state index contributed by atoms with van der Waals surface area (Å²) in [5.41, 5.74) is -4.57. The Kier molecular flexibility index (Phi) is 3.95. The van der Waals surface area contributed by atoms with Crippen LogP contribution in [0.2, 0.25) is 0 Å². The van der Waals surface area contributed by atoms with Gasteiger partial charge in [-0.1, -0.05) is 0 Å². The number of rotatable bonds is 2. The van der Waals surface area contributed by atoms with Gasteiger partial charge in [0.1, 0.15) is 11.4 Å². The summed E-state index contributed by atoms with van der Waals surface area (Å²) in [5, 5.41) is 0. The summed E-state index contributed by atoms with van der Waals surface area (Å²) >= 11 is -0.208. The Labute approximate surface area is 140 Å². The fourth-order valence-electron chi connectivity index (χ4n) is 2.46. The number of thioether (sulfide) groups is 1. The standard InChI is InChI=1S/C16H13F3N2O2S/c1-15(2)8-12(21-6-5-20-9-14(21)22)11-7-10(24-16(17,18)19)3-4-13(11)23-15/h3-9H,1-2H3. The smallest absolute Gasteiger partial charge is 0.446 e. The normalized spacial score (nSPS) is 16.1. The van der Waals surface area contributed by atoms with Crippen LogP contribution in [-0.4, -0.2) is 20.7 Å². The Balaban J connectivity index is 2.16. The average Bonchev–Trinajstić information content (AvgIpc) is 2.45. The molecule has 1 aromatic carbocycles. The van der Waals surface area contributed by atoms with Crippen LogP contribution in [0.15, 0.2) is 52.6 Å². The van der Waals surface area contributed by atoms with Crippen molar-refractivity contribution in [2.75, 3.05) is 0 Å². The number of alkyl halides is 3. The van der Waals surface area contributed by atoms with Gasteiger partial charge >= 0.3 is 5.51 Å². The first kappa shape index (κ1) is 16.6. The van der Waals surface area contributed by atoms with Crippen LogP contribution < -0.4 is 10.3 Å². The molecule has 2 aromatic rings. The van der Waals surface area contributed by atoms with Crippen LogP contribution >= 0.6 is 11.8 Å². The Morgan fingerprint density at radius 3 is 2.71 bits per heavy atom.